The van der Waals surface area contributed by atoms with Gasteiger partial charge in [-0.2, -0.15) is 0 Å². The minimum atomic E-state index is 1.08. The Morgan fingerprint density at radius 1 is 0.895 bits per heavy atom. The Morgan fingerprint density at radius 3 is 1.79 bits per heavy atom. The van der Waals surface area contributed by atoms with E-state index < -0.39 is 0 Å². The maximum Gasteiger partial charge on any atom is -0.0184 e. The van der Waals surface area contributed by atoms with Gasteiger partial charge in [0.25, 0.3) is 0 Å². The lowest BCUT2D eigenvalue weighted by molar-refractivity contribution is 0.983. The topological polar surface area (TPSA) is 0 Å². The molecule has 3 rings (SSSR count). The van der Waals surface area contributed by atoms with Gasteiger partial charge in [-0.1, -0.05) is 86.5 Å². The summed E-state index contributed by atoms with van der Waals surface area (Å²) in [4.78, 5) is 0. The molecule has 2 aromatic rings. The Hall–Kier alpha value is -1.82. The van der Waals surface area contributed by atoms with E-state index >= 15 is 0 Å². The van der Waals surface area contributed by atoms with E-state index in [0.717, 1.165) is 11.5 Å². The van der Waals surface area contributed by atoms with Gasteiger partial charge < -0.3 is 0 Å². The largest absolute Gasteiger partial charge is 0.0955 e. The summed E-state index contributed by atoms with van der Waals surface area (Å²) >= 11 is 0. The Kier molecular flexibility index (Phi) is 4.57. The summed E-state index contributed by atoms with van der Waals surface area (Å²) in [6.07, 6.45) is 2.97. The number of rotatable bonds is 2. The van der Waals surface area contributed by atoms with Gasteiger partial charge in [-0.25, -0.2) is 0 Å². The molecule has 0 saturated heterocycles. The van der Waals surface area contributed by atoms with Crippen molar-refractivity contribution in [1.29, 1.82) is 0 Å². The van der Waals surface area contributed by atoms with Crippen LogP contribution in [0, 0.1) is 5.92 Å². The van der Waals surface area contributed by atoms with Crippen LogP contribution in [0.3, 0.4) is 0 Å². The molecule has 0 nitrogen and oxygen atoms in total. The van der Waals surface area contributed by atoms with Crippen LogP contribution in [0.1, 0.15) is 32.3 Å². The van der Waals surface area contributed by atoms with Gasteiger partial charge >= 0.3 is 0 Å². The molecule has 1 saturated carbocycles. The van der Waals surface area contributed by atoms with Crippen LogP contribution in [0.25, 0.3) is 16.7 Å². The van der Waals surface area contributed by atoms with Crippen LogP contribution < -0.4 is 0 Å². The summed E-state index contributed by atoms with van der Waals surface area (Å²) in [6.45, 7) is 8.23. The summed E-state index contributed by atoms with van der Waals surface area (Å²) in [5, 5.41) is 0. The lowest BCUT2D eigenvalue weighted by atomic mass is 10.0. The van der Waals surface area contributed by atoms with E-state index in [1.165, 1.54) is 29.5 Å². The molecule has 1 aliphatic rings. The van der Waals surface area contributed by atoms with Crippen LogP contribution in [0.2, 0.25) is 0 Å². The lowest BCUT2D eigenvalue weighted by Gasteiger charge is -2.03. The summed E-state index contributed by atoms with van der Waals surface area (Å²) in [6, 6.07) is 18.9. The van der Waals surface area contributed by atoms with Crippen molar-refractivity contribution in [3.63, 3.8) is 0 Å². The third kappa shape index (κ3) is 4.40. The summed E-state index contributed by atoms with van der Waals surface area (Å²) in [5.41, 5.74) is 4.82. The number of benzene rings is 2. The fourth-order valence-corrected chi connectivity index (χ4v) is 1.74. The summed E-state index contributed by atoms with van der Waals surface area (Å²) in [5.74, 6) is 1.08. The van der Waals surface area contributed by atoms with Gasteiger partial charge in [-0.3, -0.25) is 0 Å². The molecule has 0 bridgehead atoms. The van der Waals surface area contributed by atoms with Crippen molar-refractivity contribution in [3.8, 4) is 11.1 Å². The van der Waals surface area contributed by atoms with E-state index in [0.29, 0.717) is 0 Å². The molecule has 0 radical (unpaired) electrons. The maximum atomic E-state index is 3.93. The van der Waals surface area contributed by atoms with Gasteiger partial charge in [0.2, 0.25) is 0 Å². The molecule has 0 amide bonds. The zero-order valence-corrected chi connectivity index (χ0v) is 11.9. The molecule has 0 spiro atoms. The number of hydrogen-bond acceptors (Lipinski definition) is 0. The zero-order chi connectivity index (χ0) is 13.7. The van der Waals surface area contributed by atoms with Crippen molar-refractivity contribution in [1.82, 2.24) is 0 Å². The van der Waals surface area contributed by atoms with Crippen LogP contribution in [0.4, 0.5) is 0 Å². The minimum Gasteiger partial charge on any atom is -0.0955 e. The first-order chi connectivity index (χ1) is 9.16. The van der Waals surface area contributed by atoms with E-state index in [9.17, 15) is 0 Å². The van der Waals surface area contributed by atoms with Crippen LogP contribution in [0.15, 0.2) is 61.2 Å². The molecule has 2 aromatic carbocycles. The second kappa shape index (κ2) is 6.38. The first kappa shape index (κ1) is 13.6. The fraction of sp³-hybridized carbons (Fsp3) is 0.263. The van der Waals surface area contributed by atoms with E-state index in [4.69, 9.17) is 0 Å². The molecule has 0 atom stereocenters. The molecule has 0 N–H and O–H groups in total. The van der Waals surface area contributed by atoms with Crippen molar-refractivity contribution in [2.24, 2.45) is 5.92 Å². The van der Waals surface area contributed by atoms with Gasteiger partial charge in [0.05, 0.1) is 0 Å². The predicted octanol–water partition coefficient (Wildman–Crippen LogP) is 5.80. The first-order valence-electron chi connectivity index (χ1n) is 6.98. The molecule has 1 aliphatic carbocycles. The monoisotopic (exact) mass is 250 g/mol. The van der Waals surface area contributed by atoms with E-state index in [-0.39, 0.29) is 0 Å². The Labute approximate surface area is 116 Å². The molecule has 19 heavy (non-hydrogen) atoms. The SMILES string of the molecule is C=C(C)c1ccc(-c2ccccc2)cc1.CC1CC1. The van der Waals surface area contributed by atoms with Crippen molar-refractivity contribution >= 4 is 5.57 Å². The van der Waals surface area contributed by atoms with Crippen molar-refractivity contribution in [3.05, 3.63) is 66.7 Å². The van der Waals surface area contributed by atoms with Crippen molar-refractivity contribution in [2.75, 3.05) is 0 Å². The average Bonchev–Trinajstić information content (AvgIpc) is 3.23. The second-order valence-corrected chi connectivity index (χ2v) is 5.41. The van der Waals surface area contributed by atoms with Gasteiger partial charge in [0.15, 0.2) is 0 Å². The Morgan fingerprint density at radius 2 is 1.37 bits per heavy atom. The zero-order valence-electron chi connectivity index (χ0n) is 11.9. The fourth-order valence-electron chi connectivity index (χ4n) is 1.74. The second-order valence-electron chi connectivity index (χ2n) is 5.41. The van der Waals surface area contributed by atoms with Gasteiger partial charge in [-0.15, -0.1) is 0 Å². The highest BCUT2D eigenvalue weighted by Gasteiger charge is 2.12. The number of allylic oxidation sites excluding steroid dienone is 1. The average molecular weight is 250 g/mol. The molecular weight excluding hydrogens is 228 g/mol. The number of hydrogen-bond donors (Lipinski definition) is 0. The highest BCUT2D eigenvalue weighted by molar-refractivity contribution is 5.68. The smallest absolute Gasteiger partial charge is 0.0184 e. The molecular formula is C19H22. The van der Waals surface area contributed by atoms with Crippen LogP contribution in [-0.2, 0) is 0 Å². The third-order valence-corrected chi connectivity index (χ3v) is 3.35. The summed E-state index contributed by atoms with van der Waals surface area (Å²) < 4.78 is 0. The van der Waals surface area contributed by atoms with Crippen LogP contribution >= 0.6 is 0 Å². The van der Waals surface area contributed by atoms with Crippen molar-refractivity contribution < 1.29 is 0 Å². The van der Waals surface area contributed by atoms with E-state index in [2.05, 4.69) is 62.0 Å². The van der Waals surface area contributed by atoms with Gasteiger partial charge in [-0.05, 0) is 29.5 Å². The van der Waals surface area contributed by atoms with Crippen LogP contribution in [-0.4, -0.2) is 0 Å². The first-order valence-corrected chi connectivity index (χ1v) is 6.98. The maximum absolute atomic E-state index is 3.93. The molecule has 98 valence electrons. The van der Waals surface area contributed by atoms with Crippen LogP contribution in [0.5, 0.6) is 0 Å². The van der Waals surface area contributed by atoms with E-state index in [1.54, 1.807) is 0 Å². The highest BCUT2D eigenvalue weighted by Crippen LogP contribution is 2.26. The molecule has 0 heterocycles. The molecule has 0 aromatic heterocycles. The van der Waals surface area contributed by atoms with E-state index in [1.807, 2.05) is 13.0 Å². The normalized spacial score (nSPS) is 13.4. The molecule has 0 aliphatic heterocycles. The highest BCUT2D eigenvalue weighted by atomic mass is 14.2. The molecule has 1 fully saturated rings. The van der Waals surface area contributed by atoms with Gasteiger partial charge in [0.1, 0.15) is 0 Å². The Bertz CT molecular complexity index is 516. The standard InChI is InChI=1S/C15H14.C4H8/c1-12(2)13-8-10-15(11-9-13)14-6-4-3-5-7-14;1-4-2-3-4/h3-11H,1H2,2H3;4H,2-3H2,1H3. The van der Waals surface area contributed by atoms with Crippen molar-refractivity contribution in [2.45, 2.75) is 26.7 Å². The quantitative estimate of drug-likeness (QED) is 0.631. The lowest BCUT2D eigenvalue weighted by Crippen LogP contribution is -1.80. The summed E-state index contributed by atoms with van der Waals surface area (Å²) in [7, 11) is 0. The molecule has 0 unspecified atom stereocenters. The Balaban J connectivity index is 0.000000284. The third-order valence-electron chi connectivity index (χ3n) is 3.35. The predicted molar refractivity (Wildman–Crippen MR) is 85.0 cm³/mol. The minimum absolute atomic E-state index is 1.08. The van der Waals surface area contributed by atoms with Gasteiger partial charge in [0, 0.05) is 0 Å². The molecule has 0 heteroatoms.